The Labute approximate surface area is 180 Å². The van der Waals surface area contributed by atoms with Gasteiger partial charge >= 0.3 is 0 Å². The fourth-order valence-corrected chi connectivity index (χ4v) is 3.35. The molecule has 0 spiro atoms. The van der Waals surface area contributed by atoms with Gasteiger partial charge in [0, 0.05) is 18.1 Å². The molecule has 0 aliphatic rings. The van der Waals surface area contributed by atoms with E-state index in [1.54, 1.807) is 0 Å². The number of hydrogen-bond donors (Lipinski definition) is 2. The second-order valence-electron chi connectivity index (χ2n) is 6.61. The van der Waals surface area contributed by atoms with Crippen molar-refractivity contribution in [1.29, 1.82) is 0 Å². The number of anilines is 1. The SMILES string of the molecule is Cc1ccc(CNc2ccc(SCC(=O)NCCc3ccc(Cl)cc3)nn2)cc1. The lowest BCUT2D eigenvalue weighted by Crippen LogP contribution is -2.27. The first-order chi connectivity index (χ1) is 14.1. The van der Waals surface area contributed by atoms with Crippen molar-refractivity contribution in [1.82, 2.24) is 15.5 Å². The maximum atomic E-state index is 12.0. The van der Waals surface area contributed by atoms with Gasteiger partial charge in [-0.25, -0.2) is 0 Å². The zero-order valence-corrected chi connectivity index (χ0v) is 17.8. The number of nitrogens with one attached hydrogen (secondary N) is 2. The Hall–Kier alpha value is -2.57. The number of carbonyl (C=O) groups excluding carboxylic acids is 1. The van der Waals surface area contributed by atoms with E-state index in [0.29, 0.717) is 29.7 Å². The number of nitrogens with zero attached hydrogens (tertiary/aromatic N) is 2. The Balaban J connectivity index is 1.36. The number of halogens is 1. The Bertz CT molecular complexity index is 915. The minimum atomic E-state index is -0.0210. The van der Waals surface area contributed by atoms with E-state index < -0.39 is 0 Å². The summed E-state index contributed by atoms with van der Waals surface area (Å²) in [6.07, 6.45) is 0.773. The summed E-state index contributed by atoms with van der Waals surface area (Å²) in [6.45, 7) is 3.35. The van der Waals surface area contributed by atoms with Gasteiger partial charge in [0.25, 0.3) is 0 Å². The maximum absolute atomic E-state index is 12.0. The molecule has 0 saturated heterocycles. The highest BCUT2D eigenvalue weighted by molar-refractivity contribution is 7.99. The summed E-state index contributed by atoms with van der Waals surface area (Å²) in [5, 5.41) is 15.9. The molecule has 1 aromatic heterocycles. The van der Waals surface area contributed by atoms with E-state index in [1.165, 1.54) is 22.9 Å². The molecule has 0 aliphatic heterocycles. The first-order valence-electron chi connectivity index (χ1n) is 9.35. The first-order valence-corrected chi connectivity index (χ1v) is 10.7. The number of benzene rings is 2. The molecule has 3 aromatic rings. The second-order valence-corrected chi connectivity index (χ2v) is 8.04. The molecule has 150 valence electrons. The van der Waals surface area contributed by atoms with Crippen molar-refractivity contribution in [3.8, 4) is 0 Å². The molecule has 0 aliphatic carbocycles. The van der Waals surface area contributed by atoms with Gasteiger partial charge in [0.05, 0.1) is 5.75 Å². The van der Waals surface area contributed by atoms with Gasteiger partial charge in [-0.2, -0.15) is 0 Å². The number of carbonyl (C=O) groups is 1. The van der Waals surface area contributed by atoms with E-state index in [2.05, 4.69) is 52.0 Å². The Kier molecular flexibility index (Phi) is 7.90. The van der Waals surface area contributed by atoms with Gasteiger partial charge in [0.1, 0.15) is 10.8 Å². The standard InChI is InChI=1S/C22H23ClN4OS/c1-16-2-4-18(5-3-16)14-25-20-10-11-22(27-26-20)29-15-21(28)24-13-12-17-6-8-19(23)9-7-17/h2-11H,12-15H2,1H3,(H,24,28)(H,25,26). The summed E-state index contributed by atoms with van der Waals surface area (Å²) < 4.78 is 0. The largest absolute Gasteiger partial charge is 0.365 e. The third-order valence-electron chi connectivity index (χ3n) is 4.23. The summed E-state index contributed by atoms with van der Waals surface area (Å²) >= 11 is 7.24. The van der Waals surface area contributed by atoms with Crippen molar-refractivity contribution >= 4 is 35.1 Å². The summed E-state index contributed by atoms with van der Waals surface area (Å²) in [7, 11) is 0. The van der Waals surface area contributed by atoms with Crippen LogP contribution in [-0.2, 0) is 17.8 Å². The zero-order chi connectivity index (χ0) is 20.5. The Morgan fingerprint density at radius 3 is 2.38 bits per heavy atom. The van der Waals surface area contributed by atoms with Crippen LogP contribution < -0.4 is 10.6 Å². The third kappa shape index (κ3) is 7.40. The molecule has 0 atom stereocenters. The molecule has 0 bridgehead atoms. The highest BCUT2D eigenvalue weighted by Crippen LogP contribution is 2.16. The van der Waals surface area contributed by atoms with Crippen LogP contribution in [0, 0.1) is 6.92 Å². The van der Waals surface area contributed by atoms with Crippen LogP contribution >= 0.6 is 23.4 Å². The molecule has 0 fully saturated rings. The molecule has 5 nitrogen and oxygen atoms in total. The van der Waals surface area contributed by atoms with E-state index in [4.69, 9.17) is 11.6 Å². The third-order valence-corrected chi connectivity index (χ3v) is 5.41. The van der Waals surface area contributed by atoms with Gasteiger partial charge in [0.2, 0.25) is 5.91 Å². The predicted octanol–water partition coefficient (Wildman–Crippen LogP) is 4.50. The Morgan fingerprint density at radius 2 is 1.69 bits per heavy atom. The highest BCUT2D eigenvalue weighted by Gasteiger charge is 2.05. The zero-order valence-electron chi connectivity index (χ0n) is 16.2. The first kappa shape index (κ1) is 21.1. The number of aromatic nitrogens is 2. The van der Waals surface area contributed by atoms with Crippen LogP contribution in [0.3, 0.4) is 0 Å². The van der Waals surface area contributed by atoms with Crippen LogP contribution in [0.2, 0.25) is 5.02 Å². The van der Waals surface area contributed by atoms with Gasteiger partial charge in [-0.3, -0.25) is 4.79 Å². The molecule has 29 heavy (non-hydrogen) atoms. The minimum Gasteiger partial charge on any atom is -0.365 e. The molecule has 0 saturated carbocycles. The smallest absolute Gasteiger partial charge is 0.230 e. The summed E-state index contributed by atoms with van der Waals surface area (Å²) in [5.74, 6) is 1.00. The fraction of sp³-hybridized carbons (Fsp3) is 0.227. The normalized spacial score (nSPS) is 10.6. The second kappa shape index (κ2) is 10.8. The van der Waals surface area contributed by atoms with Gasteiger partial charge in [-0.1, -0.05) is 65.3 Å². The molecule has 2 N–H and O–H groups in total. The summed E-state index contributed by atoms with van der Waals surface area (Å²) in [6, 6.07) is 19.7. The van der Waals surface area contributed by atoms with Crippen LogP contribution in [0.25, 0.3) is 0 Å². The van der Waals surface area contributed by atoms with Gasteiger partial charge in [-0.05, 0) is 48.7 Å². The molecule has 0 unspecified atom stereocenters. The number of aryl methyl sites for hydroxylation is 1. The van der Waals surface area contributed by atoms with Crippen LogP contribution in [0.5, 0.6) is 0 Å². The van der Waals surface area contributed by atoms with Crippen molar-refractivity contribution in [3.63, 3.8) is 0 Å². The van der Waals surface area contributed by atoms with Crippen molar-refractivity contribution in [2.75, 3.05) is 17.6 Å². The number of thioether (sulfide) groups is 1. The molecule has 3 rings (SSSR count). The Morgan fingerprint density at radius 1 is 0.966 bits per heavy atom. The van der Waals surface area contributed by atoms with E-state index in [9.17, 15) is 4.79 Å². The fourth-order valence-electron chi connectivity index (χ4n) is 2.58. The van der Waals surface area contributed by atoms with Crippen LogP contribution in [-0.4, -0.2) is 28.4 Å². The maximum Gasteiger partial charge on any atom is 0.230 e. The summed E-state index contributed by atoms with van der Waals surface area (Å²) in [4.78, 5) is 12.0. The molecular formula is C22H23ClN4OS. The number of amides is 1. The average molecular weight is 427 g/mol. The van der Waals surface area contributed by atoms with Crippen molar-refractivity contribution in [2.45, 2.75) is 24.9 Å². The van der Waals surface area contributed by atoms with Crippen LogP contribution in [0.4, 0.5) is 5.82 Å². The lowest BCUT2D eigenvalue weighted by molar-refractivity contribution is -0.118. The van der Waals surface area contributed by atoms with Crippen molar-refractivity contribution < 1.29 is 4.79 Å². The highest BCUT2D eigenvalue weighted by atomic mass is 35.5. The van der Waals surface area contributed by atoms with Crippen LogP contribution in [0.1, 0.15) is 16.7 Å². The quantitative estimate of drug-likeness (QED) is 0.493. The lowest BCUT2D eigenvalue weighted by Gasteiger charge is -2.07. The number of rotatable bonds is 9. The summed E-state index contributed by atoms with van der Waals surface area (Å²) in [5.41, 5.74) is 3.57. The van der Waals surface area contributed by atoms with E-state index in [0.717, 1.165) is 17.0 Å². The van der Waals surface area contributed by atoms with Crippen LogP contribution in [0.15, 0.2) is 65.7 Å². The molecule has 2 aromatic carbocycles. The topological polar surface area (TPSA) is 66.9 Å². The number of hydrogen-bond acceptors (Lipinski definition) is 5. The predicted molar refractivity (Wildman–Crippen MR) is 119 cm³/mol. The van der Waals surface area contributed by atoms with E-state index in [1.807, 2.05) is 36.4 Å². The molecule has 1 amide bonds. The molecule has 1 heterocycles. The molecule has 7 heteroatoms. The van der Waals surface area contributed by atoms with E-state index >= 15 is 0 Å². The molecular weight excluding hydrogens is 404 g/mol. The van der Waals surface area contributed by atoms with Crippen molar-refractivity contribution in [3.05, 3.63) is 82.4 Å². The molecule has 0 radical (unpaired) electrons. The monoisotopic (exact) mass is 426 g/mol. The lowest BCUT2D eigenvalue weighted by atomic mass is 10.1. The van der Waals surface area contributed by atoms with Crippen molar-refractivity contribution in [2.24, 2.45) is 0 Å². The van der Waals surface area contributed by atoms with Gasteiger partial charge < -0.3 is 10.6 Å². The van der Waals surface area contributed by atoms with Gasteiger partial charge in [0.15, 0.2) is 0 Å². The minimum absolute atomic E-state index is 0.0210. The average Bonchev–Trinajstić information content (AvgIpc) is 2.74. The van der Waals surface area contributed by atoms with Gasteiger partial charge in [-0.15, -0.1) is 10.2 Å². The van der Waals surface area contributed by atoms with E-state index in [-0.39, 0.29) is 5.91 Å².